The van der Waals surface area contributed by atoms with Gasteiger partial charge in [0.05, 0.1) is 0 Å². The second-order valence-corrected chi connectivity index (χ2v) is 4.47. The summed E-state index contributed by atoms with van der Waals surface area (Å²) in [5.41, 5.74) is 0. The Bertz CT molecular complexity index is 268. The molecule has 0 bridgehead atoms. The van der Waals surface area contributed by atoms with Gasteiger partial charge < -0.3 is 15.3 Å². The van der Waals surface area contributed by atoms with E-state index >= 15 is 0 Å². The molecule has 0 aromatic carbocycles. The highest BCUT2D eigenvalue weighted by Gasteiger charge is 2.25. The number of urea groups is 1. The molecule has 0 aromatic rings. The van der Waals surface area contributed by atoms with Gasteiger partial charge in [0.25, 0.3) is 0 Å². The maximum atomic E-state index is 11.8. The third-order valence-electron chi connectivity index (χ3n) is 2.97. The molecule has 2 atom stereocenters. The van der Waals surface area contributed by atoms with Crippen molar-refractivity contribution in [1.29, 1.82) is 0 Å². The van der Waals surface area contributed by atoms with Gasteiger partial charge in [-0.2, -0.15) is 0 Å². The fraction of sp³-hybridized carbons (Fsp3) is 0.818. The van der Waals surface area contributed by atoms with Gasteiger partial charge in [-0.25, -0.2) is 4.79 Å². The number of amides is 2. The average Bonchev–Trinajstić information content (AvgIpc) is 2.61. The summed E-state index contributed by atoms with van der Waals surface area (Å²) in [6.07, 6.45) is 2.68. The lowest BCUT2D eigenvalue weighted by atomic mass is 10.2. The number of carboxylic acids is 1. The van der Waals surface area contributed by atoms with E-state index < -0.39 is 5.97 Å². The molecule has 0 saturated carbocycles. The highest BCUT2D eigenvalue weighted by Crippen LogP contribution is 2.16. The van der Waals surface area contributed by atoms with Crippen LogP contribution in [0.15, 0.2) is 0 Å². The summed E-state index contributed by atoms with van der Waals surface area (Å²) >= 11 is 0. The van der Waals surface area contributed by atoms with Crippen LogP contribution in [0.5, 0.6) is 0 Å². The van der Waals surface area contributed by atoms with Gasteiger partial charge in [-0.1, -0.05) is 0 Å². The zero-order chi connectivity index (χ0) is 12.1. The molecule has 0 radical (unpaired) electrons. The molecular weight excluding hydrogens is 208 g/mol. The highest BCUT2D eigenvalue weighted by atomic mass is 16.4. The number of carbonyl (C=O) groups excluding carboxylic acids is 1. The van der Waals surface area contributed by atoms with Crippen LogP contribution in [0.2, 0.25) is 0 Å². The van der Waals surface area contributed by atoms with Crippen LogP contribution in [0, 0.1) is 0 Å². The second kappa shape index (κ2) is 5.72. The van der Waals surface area contributed by atoms with Crippen LogP contribution in [0.1, 0.15) is 39.5 Å². The lowest BCUT2D eigenvalue weighted by molar-refractivity contribution is -0.137. The Morgan fingerprint density at radius 3 is 2.75 bits per heavy atom. The molecule has 2 amide bonds. The Hall–Kier alpha value is -1.26. The molecule has 5 nitrogen and oxygen atoms in total. The predicted octanol–water partition coefficient (Wildman–Crippen LogP) is 1.43. The zero-order valence-electron chi connectivity index (χ0n) is 9.90. The molecule has 1 saturated heterocycles. The van der Waals surface area contributed by atoms with E-state index in [0.29, 0.717) is 12.5 Å². The summed E-state index contributed by atoms with van der Waals surface area (Å²) in [4.78, 5) is 24.0. The van der Waals surface area contributed by atoms with Crippen molar-refractivity contribution >= 4 is 12.0 Å². The number of nitrogens with one attached hydrogen (secondary N) is 1. The molecule has 0 aromatic heterocycles. The highest BCUT2D eigenvalue weighted by molar-refractivity contribution is 5.75. The van der Waals surface area contributed by atoms with Crippen LogP contribution in [0.3, 0.4) is 0 Å². The van der Waals surface area contributed by atoms with Gasteiger partial charge in [0.15, 0.2) is 0 Å². The third kappa shape index (κ3) is 3.72. The number of hydrogen-bond donors (Lipinski definition) is 2. The van der Waals surface area contributed by atoms with E-state index in [4.69, 9.17) is 5.11 Å². The third-order valence-corrected chi connectivity index (χ3v) is 2.97. The molecule has 1 heterocycles. The van der Waals surface area contributed by atoms with Crippen molar-refractivity contribution in [2.24, 2.45) is 0 Å². The molecular formula is C11H20N2O3. The van der Waals surface area contributed by atoms with Crippen LogP contribution in [-0.2, 0) is 4.79 Å². The molecule has 2 unspecified atom stereocenters. The van der Waals surface area contributed by atoms with E-state index in [2.05, 4.69) is 5.32 Å². The minimum absolute atomic E-state index is 0.0668. The maximum Gasteiger partial charge on any atom is 0.317 e. The maximum absolute atomic E-state index is 11.8. The normalized spacial score (nSPS) is 21.9. The van der Waals surface area contributed by atoms with Crippen molar-refractivity contribution in [2.45, 2.75) is 51.6 Å². The lowest BCUT2D eigenvalue weighted by Gasteiger charge is -2.24. The molecule has 1 fully saturated rings. The largest absolute Gasteiger partial charge is 0.481 e. The zero-order valence-corrected chi connectivity index (χ0v) is 9.90. The number of carbonyl (C=O) groups is 2. The minimum Gasteiger partial charge on any atom is -0.481 e. The molecule has 0 aliphatic carbocycles. The number of aliphatic carboxylic acids is 1. The Labute approximate surface area is 95.8 Å². The number of carboxylic acid groups (broad SMARTS) is 1. The molecule has 1 aliphatic heterocycles. The molecule has 0 spiro atoms. The van der Waals surface area contributed by atoms with Crippen LogP contribution >= 0.6 is 0 Å². The summed E-state index contributed by atoms with van der Waals surface area (Å²) in [7, 11) is 0. The predicted molar refractivity (Wildman–Crippen MR) is 60.3 cm³/mol. The van der Waals surface area contributed by atoms with Gasteiger partial charge in [-0.3, -0.25) is 4.79 Å². The van der Waals surface area contributed by atoms with E-state index in [1.807, 2.05) is 18.7 Å². The summed E-state index contributed by atoms with van der Waals surface area (Å²) in [5.74, 6) is -0.823. The van der Waals surface area contributed by atoms with Crippen molar-refractivity contribution in [3.8, 4) is 0 Å². The van der Waals surface area contributed by atoms with Crippen molar-refractivity contribution in [2.75, 3.05) is 6.54 Å². The van der Waals surface area contributed by atoms with E-state index in [1.54, 1.807) is 0 Å². The monoisotopic (exact) mass is 228 g/mol. The molecule has 1 aliphatic rings. The van der Waals surface area contributed by atoms with Gasteiger partial charge in [0.1, 0.15) is 0 Å². The van der Waals surface area contributed by atoms with Gasteiger partial charge >= 0.3 is 12.0 Å². The Kier molecular flexibility index (Phi) is 4.58. The molecule has 92 valence electrons. The first-order valence-electron chi connectivity index (χ1n) is 5.79. The number of likely N-dealkylation sites (tertiary alicyclic amines) is 1. The second-order valence-electron chi connectivity index (χ2n) is 4.47. The number of nitrogens with zero attached hydrogens (tertiary/aromatic N) is 1. The molecule has 1 rings (SSSR count). The average molecular weight is 228 g/mol. The van der Waals surface area contributed by atoms with Gasteiger partial charge in [-0.15, -0.1) is 0 Å². The van der Waals surface area contributed by atoms with Crippen molar-refractivity contribution < 1.29 is 14.7 Å². The van der Waals surface area contributed by atoms with E-state index in [9.17, 15) is 9.59 Å². The fourth-order valence-corrected chi connectivity index (χ4v) is 1.94. The standard InChI is InChI=1S/C11H20N2O3/c1-8(5-6-10(14)15)12-11(16)13-7-3-4-9(13)2/h8-9H,3-7H2,1-2H3,(H,12,16)(H,14,15). The Morgan fingerprint density at radius 2 is 2.25 bits per heavy atom. The van der Waals surface area contributed by atoms with Gasteiger partial charge in [0.2, 0.25) is 0 Å². The molecule has 5 heteroatoms. The number of hydrogen-bond acceptors (Lipinski definition) is 2. The van der Waals surface area contributed by atoms with Crippen LogP contribution in [-0.4, -0.2) is 40.6 Å². The molecule has 2 N–H and O–H groups in total. The summed E-state index contributed by atoms with van der Waals surface area (Å²) in [6.45, 7) is 4.68. The van der Waals surface area contributed by atoms with E-state index in [1.165, 1.54) is 0 Å². The van der Waals surface area contributed by atoms with Gasteiger partial charge in [0, 0.05) is 25.0 Å². The van der Waals surface area contributed by atoms with Crippen LogP contribution in [0.25, 0.3) is 0 Å². The first-order chi connectivity index (χ1) is 7.50. The minimum atomic E-state index is -0.823. The van der Waals surface area contributed by atoms with Crippen molar-refractivity contribution in [3.63, 3.8) is 0 Å². The Balaban J connectivity index is 2.30. The Morgan fingerprint density at radius 1 is 1.56 bits per heavy atom. The van der Waals surface area contributed by atoms with Crippen LogP contribution < -0.4 is 5.32 Å². The first kappa shape index (κ1) is 12.8. The fourth-order valence-electron chi connectivity index (χ4n) is 1.94. The van der Waals surface area contributed by atoms with Gasteiger partial charge in [-0.05, 0) is 33.1 Å². The van der Waals surface area contributed by atoms with E-state index in [-0.39, 0.29) is 18.5 Å². The summed E-state index contributed by atoms with van der Waals surface area (Å²) in [5, 5.41) is 11.4. The van der Waals surface area contributed by atoms with Crippen molar-refractivity contribution in [1.82, 2.24) is 10.2 Å². The van der Waals surface area contributed by atoms with E-state index in [0.717, 1.165) is 19.4 Å². The van der Waals surface area contributed by atoms with Crippen molar-refractivity contribution in [3.05, 3.63) is 0 Å². The first-order valence-corrected chi connectivity index (χ1v) is 5.79. The van der Waals surface area contributed by atoms with Crippen LogP contribution in [0.4, 0.5) is 4.79 Å². The SMILES string of the molecule is CC(CCC(=O)O)NC(=O)N1CCCC1C. The number of rotatable bonds is 4. The summed E-state index contributed by atoms with van der Waals surface area (Å²) < 4.78 is 0. The summed E-state index contributed by atoms with van der Waals surface area (Å²) in [6, 6.07) is 0.144. The molecule has 16 heavy (non-hydrogen) atoms. The quantitative estimate of drug-likeness (QED) is 0.764. The lowest BCUT2D eigenvalue weighted by Crippen LogP contribution is -2.45. The smallest absolute Gasteiger partial charge is 0.317 e. The topological polar surface area (TPSA) is 69.6 Å².